The van der Waals surface area contributed by atoms with Gasteiger partial charge in [0.15, 0.2) is 0 Å². The number of rotatable bonds is 3. The van der Waals surface area contributed by atoms with Crippen molar-refractivity contribution in [3.8, 4) is 0 Å². The number of likely N-dealkylation sites (tertiary alicyclic amines) is 1. The van der Waals surface area contributed by atoms with Crippen LogP contribution in [0.2, 0.25) is 0 Å². The Kier molecular flexibility index (Phi) is 3.77. The van der Waals surface area contributed by atoms with E-state index in [-0.39, 0.29) is 5.91 Å². The first-order valence-electron chi connectivity index (χ1n) is 5.98. The average molecular weight is 212 g/mol. The molecule has 88 valence electrons. The van der Waals surface area contributed by atoms with Crippen molar-refractivity contribution in [1.82, 2.24) is 4.90 Å². The quantitative estimate of drug-likeness (QED) is 0.775. The molecule has 3 nitrogen and oxygen atoms in total. The standard InChI is InChI=1S/C12H24N2O/c1-5-6-12(4,13)11(15)14-8-9(2)7-10(14)3/h9-10H,5-8,13H2,1-4H3. The summed E-state index contributed by atoms with van der Waals surface area (Å²) in [6.07, 6.45) is 2.83. The second-order valence-electron chi connectivity index (χ2n) is 5.31. The molecule has 1 rings (SSSR count). The van der Waals surface area contributed by atoms with Gasteiger partial charge in [0.1, 0.15) is 0 Å². The molecular weight excluding hydrogens is 188 g/mol. The van der Waals surface area contributed by atoms with Crippen molar-refractivity contribution in [2.45, 2.75) is 58.5 Å². The second-order valence-corrected chi connectivity index (χ2v) is 5.31. The highest BCUT2D eigenvalue weighted by Crippen LogP contribution is 2.25. The Morgan fingerprint density at radius 2 is 2.13 bits per heavy atom. The Morgan fingerprint density at radius 3 is 2.53 bits per heavy atom. The minimum absolute atomic E-state index is 0.126. The van der Waals surface area contributed by atoms with Crippen LogP contribution in [-0.2, 0) is 4.79 Å². The van der Waals surface area contributed by atoms with Gasteiger partial charge < -0.3 is 10.6 Å². The minimum Gasteiger partial charge on any atom is -0.338 e. The summed E-state index contributed by atoms with van der Waals surface area (Å²) in [4.78, 5) is 14.2. The van der Waals surface area contributed by atoms with E-state index in [1.807, 2.05) is 11.8 Å². The smallest absolute Gasteiger partial charge is 0.242 e. The van der Waals surface area contributed by atoms with Crippen LogP contribution < -0.4 is 5.73 Å². The van der Waals surface area contributed by atoms with Crippen molar-refractivity contribution >= 4 is 5.91 Å². The summed E-state index contributed by atoms with van der Waals surface area (Å²) in [5.41, 5.74) is 5.39. The molecule has 0 radical (unpaired) electrons. The summed E-state index contributed by atoms with van der Waals surface area (Å²) in [7, 11) is 0. The number of hydrogen-bond acceptors (Lipinski definition) is 2. The van der Waals surface area contributed by atoms with Crippen molar-refractivity contribution in [2.24, 2.45) is 11.7 Å². The van der Waals surface area contributed by atoms with Crippen LogP contribution in [0.4, 0.5) is 0 Å². The van der Waals surface area contributed by atoms with E-state index in [2.05, 4.69) is 20.8 Å². The fourth-order valence-corrected chi connectivity index (χ4v) is 2.54. The van der Waals surface area contributed by atoms with Crippen molar-refractivity contribution in [2.75, 3.05) is 6.54 Å². The molecule has 0 aromatic heterocycles. The number of amides is 1. The molecule has 1 fully saturated rings. The second kappa shape index (κ2) is 4.52. The Labute approximate surface area is 93.0 Å². The van der Waals surface area contributed by atoms with Crippen LogP contribution in [0.3, 0.4) is 0 Å². The van der Waals surface area contributed by atoms with Crippen LogP contribution in [0.15, 0.2) is 0 Å². The number of nitrogens with zero attached hydrogens (tertiary/aromatic N) is 1. The topological polar surface area (TPSA) is 46.3 Å². The molecule has 3 unspecified atom stereocenters. The molecule has 1 amide bonds. The highest BCUT2D eigenvalue weighted by Gasteiger charge is 2.37. The molecule has 1 aliphatic rings. The van der Waals surface area contributed by atoms with Crippen LogP contribution in [0, 0.1) is 5.92 Å². The van der Waals surface area contributed by atoms with Gasteiger partial charge in [-0.3, -0.25) is 4.79 Å². The van der Waals surface area contributed by atoms with E-state index in [0.717, 1.165) is 25.8 Å². The molecule has 0 aromatic carbocycles. The first kappa shape index (κ1) is 12.5. The van der Waals surface area contributed by atoms with E-state index in [9.17, 15) is 4.79 Å². The normalized spacial score (nSPS) is 30.3. The lowest BCUT2D eigenvalue weighted by atomic mass is 9.95. The lowest BCUT2D eigenvalue weighted by molar-refractivity contribution is -0.137. The Morgan fingerprint density at radius 1 is 1.53 bits per heavy atom. The zero-order valence-corrected chi connectivity index (χ0v) is 10.4. The van der Waals surface area contributed by atoms with E-state index in [1.54, 1.807) is 0 Å². The predicted octanol–water partition coefficient (Wildman–Crippen LogP) is 1.76. The number of hydrogen-bond donors (Lipinski definition) is 1. The highest BCUT2D eigenvalue weighted by molar-refractivity contribution is 5.86. The molecule has 3 heteroatoms. The molecular formula is C12H24N2O. The average Bonchev–Trinajstić information content (AvgIpc) is 2.43. The van der Waals surface area contributed by atoms with E-state index >= 15 is 0 Å². The van der Waals surface area contributed by atoms with Gasteiger partial charge in [-0.15, -0.1) is 0 Å². The summed E-state index contributed by atoms with van der Waals surface area (Å²) in [6, 6.07) is 0.354. The van der Waals surface area contributed by atoms with Gasteiger partial charge in [-0.25, -0.2) is 0 Å². The number of carbonyl (C=O) groups excluding carboxylic acids is 1. The zero-order valence-electron chi connectivity index (χ0n) is 10.4. The maximum Gasteiger partial charge on any atom is 0.242 e. The van der Waals surface area contributed by atoms with Gasteiger partial charge in [-0.1, -0.05) is 20.3 Å². The Bertz CT molecular complexity index is 238. The Balaban J connectivity index is 2.68. The van der Waals surface area contributed by atoms with Gasteiger partial charge in [0, 0.05) is 12.6 Å². The molecule has 15 heavy (non-hydrogen) atoms. The summed E-state index contributed by atoms with van der Waals surface area (Å²) < 4.78 is 0. The Hall–Kier alpha value is -0.570. The zero-order chi connectivity index (χ0) is 11.6. The molecule has 0 saturated carbocycles. The van der Waals surface area contributed by atoms with Gasteiger partial charge >= 0.3 is 0 Å². The van der Waals surface area contributed by atoms with Gasteiger partial charge in [0.05, 0.1) is 5.54 Å². The van der Waals surface area contributed by atoms with Crippen LogP contribution >= 0.6 is 0 Å². The van der Waals surface area contributed by atoms with E-state index < -0.39 is 5.54 Å². The van der Waals surface area contributed by atoms with Crippen LogP contribution in [0.5, 0.6) is 0 Å². The summed E-state index contributed by atoms with van der Waals surface area (Å²) in [5.74, 6) is 0.738. The van der Waals surface area contributed by atoms with Crippen molar-refractivity contribution < 1.29 is 4.79 Å². The first-order chi connectivity index (χ1) is 6.88. The van der Waals surface area contributed by atoms with Gasteiger partial charge in [0.2, 0.25) is 5.91 Å². The third-order valence-corrected chi connectivity index (χ3v) is 3.30. The fourth-order valence-electron chi connectivity index (χ4n) is 2.54. The van der Waals surface area contributed by atoms with Crippen molar-refractivity contribution in [1.29, 1.82) is 0 Å². The lowest BCUT2D eigenvalue weighted by Gasteiger charge is -2.31. The minimum atomic E-state index is -0.674. The molecule has 3 atom stereocenters. The fraction of sp³-hybridized carbons (Fsp3) is 0.917. The monoisotopic (exact) mass is 212 g/mol. The molecule has 1 saturated heterocycles. The third-order valence-electron chi connectivity index (χ3n) is 3.30. The highest BCUT2D eigenvalue weighted by atomic mass is 16.2. The largest absolute Gasteiger partial charge is 0.338 e. The summed E-state index contributed by atoms with van der Waals surface area (Å²) >= 11 is 0. The van der Waals surface area contributed by atoms with Crippen LogP contribution in [0.25, 0.3) is 0 Å². The molecule has 1 heterocycles. The van der Waals surface area contributed by atoms with Crippen LogP contribution in [0.1, 0.15) is 47.0 Å². The lowest BCUT2D eigenvalue weighted by Crippen LogP contribution is -2.54. The molecule has 0 aliphatic carbocycles. The number of nitrogens with two attached hydrogens (primary N) is 1. The van der Waals surface area contributed by atoms with Crippen LogP contribution in [-0.4, -0.2) is 28.9 Å². The van der Waals surface area contributed by atoms with Gasteiger partial charge in [0.25, 0.3) is 0 Å². The molecule has 0 bridgehead atoms. The molecule has 1 aliphatic heterocycles. The molecule has 2 N–H and O–H groups in total. The molecule has 0 spiro atoms. The summed E-state index contributed by atoms with van der Waals surface area (Å²) in [5, 5.41) is 0. The maximum absolute atomic E-state index is 12.2. The maximum atomic E-state index is 12.2. The van der Waals surface area contributed by atoms with Crippen molar-refractivity contribution in [3.05, 3.63) is 0 Å². The SMILES string of the molecule is CCCC(C)(N)C(=O)N1CC(C)CC1C. The van der Waals surface area contributed by atoms with Gasteiger partial charge in [-0.2, -0.15) is 0 Å². The third kappa shape index (κ3) is 2.71. The first-order valence-corrected chi connectivity index (χ1v) is 5.98. The van der Waals surface area contributed by atoms with E-state index in [4.69, 9.17) is 5.73 Å². The predicted molar refractivity (Wildman–Crippen MR) is 62.5 cm³/mol. The summed E-state index contributed by atoms with van der Waals surface area (Å²) in [6.45, 7) is 9.10. The number of carbonyl (C=O) groups is 1. The van der Waals surface area contributed by atoms with Gasteiger partial charge in [-0.05, 0) is 32.6 Å². The van der Waals surface area contributed by atoms with Crippen molar-refractivity contribution in [3.63, 3.8) is 0 Å². The molecule has 0 aromatic rings. The van der Waals surface area contributed by atoms with E-state index in [0.29, 0.717) is 12.0 Å². The van der Waals surface area contributed by atoms with E-state index in [1.165, 1.54) is 0 Å².